The van der Waals surface area contributed by atoms with Crippen molar-refractivity contribution >= 4 is 0 Å². The number of hydrogen-bond donors (Lipinski definition) is 1. The molecule has 6 nitrogen and oxygen atoms in total. The average Bonchev–Trinajstić information content (AvgIpc) is 2.95. The molecule has 1 aromatic heterocycles. The Morgan fingerprint density at radius 2 is 2.11 bits per heavy atom. The zero-order chi connectivity index (χ0) is 19.7. The van der Waals surface area contributed by atoms with Crippen molar-refractivity contribution in [3.63, 3.8) is 0 Å². The second kappa shape index (κ2) is 8.05. The summed E-state index contributed by atoms with van der Waals surface area (Å²) >= 11 is 0. The van der Waals surface area contributed by atoms with Gasteiger partial charge in [-0.3, -0.25) is 9.88 Å². The van der Waals surface area contributed by atoms with Gasteiger partial charge in [-0.1, -0.05) is 0 Å². The molecular weight excluding hydrogens is 352 g/mol. The maximum Gasteiger partial charge on any atom is 0.165 e. The van der Waals surface area contributed by atoms with Crippen molar-refractivity contribution in [2.75, 3.05) is 33.3 Å². The summed E-state index contributed by atoms with van der Waals surface area (Å²) in [6.07, 6.45) is 5.56. The van der Waals surface area contributed by atoms with Gasteiger partial charge in [0.2, 0.25) is 0 Å². The number of ether oxygens (including phenoxy) is 1. The SMILES string of the molecule is Cc1cnc(C)c(-c2cc(O)c3c(c2)CN(CCC2CCCN2C)CCO3)n1. The Balaban J connectivity index is 1.57. The topological polar surface area (TPSA) is 61.7 Å². The van der Waals surface area contributed by atoms with Crippen LogP contribution in [0.1, 0.15) is 36.2 Å². The van der Waals surface area contributed by atoms with Crippen molar-refractivity contribution in [2.45, 2.75) is 45.7 Å². The van der Waals surface area contributed by atoms with Gasteiger partial charge in [-0.2, -0.15) is 0 Å². The minimum absolute atomic E-state index is 0.188. The first-order valence-corrected chi connectivity index (χ1v) is 10.2. The largest absolute Gasteiger partial charge is 0.504 e. The van der Waals surface area contributed by atoms with Gasteiger partial charge in [0.15, 0.2) is 11.5 Å². The fourth-order valence-electron chi connectivity index (χ4n) is 4.37. The molecule has 4 rings (SSSR count). The van der Waals surface area contributed by atoms with Gasteiger partial charge in [-0.15, -0.1) is 0 Å². The molecule has 2 aromatic rings. The van der Waals surface area contributed by atoms with Crippen molar-refractivity contribution in [2.24, 2.45) is 0 Å². The van der Waals surface area contributed by atoms with Gasteiger partial charge in [-0.05, 0) is 58.8 Å². The summed E-state index contributed by atoms with van der Waals surface area (Å²) in [5.41, 5.74) is 4.47. The van der Waals surface area contributed by atoms with Crippen LogP contribution in [0.5, 0.6) is 11.5 Å². The van der Waals surface area contributed by atoms with Crippen LogP contribution in [-0.2, 0) is 6.54 Å². The number of likely N-dealkylation sites (tertiary alicyclic amines) is 1. The molecule has 1 fully saturated rings. The van der Waals surface area contributed by atoms with Crippen LogP contribution >= 0.6 is 0 Å². The Hall–Kier alpha value is -2.18. The van der Waals surface area contributed by atoms with Crippen LogP contribution in [0.3, 0.4) is 0 Å². The van der Waals surface area contributed by atoms with Crippen LogP contribution in [0.25, 0.3) is 11.3 Å². The predicted octanol–water partition coefficient (Wildman–Crippen LogP) is 3.14. The Morgan fingerprint density at radius 3 is 2.89 bits per heavy atom. The van der Waals surface area contributed by atoms with Crippen LogP contribution in [0, 0.1) is 13.8 Å². The van der Waals surface area contributed by atoms with Gasteiger partial charge in [0.25, 0.3) is 0 Å². The summed E-state index contributed by atoms with van der Waals surface area (Å²) in [6, 6.07) is 4.54. The molecular formula is C22H30N4O2. The number of hydrogen-bond acceptors (Lipinski definition) is 6. The number of aromatic hydroxyl groups is 1. The number of benzene rings is 1. The van der Waals surface area contributed by atoms with Crippen molar-refractivity contribution in [1.29, 1.82) is 0 Å². The molecule has 0 saturated carbocycles. The number of fused-ring (bicyclic) bond motifs is 1. The Labute approximate surface area is 167 Å². The molecule has 0 spiro atoms. The molecule has 2 aliphatic rings. The Morgan fingerprint density at radius 1 is 1.25 bits per heavy atom. The zero-order valence-electron chi connectivity index (χ0n) is 17.1. The van der Waals surface area contributed by atoms with E-state index < -0.39 is 0 Å². The summed E-state index contributed by atoms with van der Waals surface area (Å²) in [5.74, 6) is 0.801. The number of aromatic nitrogens is 2. The van der Waals surface area contributed by atoms with Crippen LogP contribution in [0.15, 0.2) is 18.3 Å². The molecule has 1 unspecified atom stereocenters. The molecule has 0 amide bonds. The minimum atomic E-state index is 0.188. The molecule has 0 bridgehead atoms. The predicted molar refractivity (Wildman–Crippen MR) is 110 cm³/mol. The van der Waals surface area contributed by atoms with E-state index in [0.29, 0.717) is 18.4 Å². The second-order valence-corrected chi connectivity index (χ2v) is 8.12. The van der Waals surface area contributed by atoms with Crippen LogP contribution in [0.2, 0.25) is 0 Å². The van der Waals surface area contributed by atoms with Crippen LogP contribution in [-0.4, -0.2) is 64.2 Å². The summed E-state index contributed by atoms with van der Waals surface area (Å²) in [6.45, 7) is 8.41. The van der Waals surface area contributed by atoms with E-state index in [0.717, 1.165) is 47.8 Å². The fraction of sp³-hybridized carbons (Fsp3) is 0.545. The molecule has 0 aliphatic carbocycles. The lowest BCUT2D eigenvalue weighted by Gasteiger charge is -2.24. The third-order valence-electron chi connectivity index (χ3n) is 5.99. The van der Waals surface area contributed by atoms with Crippen molar-refractivity contribution in [1.82, 2.24) is 19.8 Å². The standard InChI is InChI=1S/C22H30N4O2/c1-15-13-23-16(2)21(24-15)17-11-18-14-26(8-6-19-5-4-7-25(19)3)9-10-28-22(18)20(27)12-17/h11-13,19,27H,4-10,14H2,1-3H3. The normalized spacial score (nSPS) is 20.6. The van der Waals surface area contributed by atoms with E-state index in [1.165, 1.54) is 25.8 Å². The molecule has 6 heteroatoms. The highest BCUT2D eigenvalue weighted by Crippen LogP contribution is 2.37. The summed E-state index contributed by atoms with van der Waals surface area (Å²) in [4.78, 5) is 14.0. The molecule has 2 aliphatic heterocycles. The molecule has 28 heavy (non-hydrogen) atoms. The molecule has 150 valence electrons. The van der Waals surface area contributed by atoms with Gasteiger partial charge in [-0.25, -0.2) is 4.98 Å². The third-order valence-corrected chi connectivity index (χ3v) is 5.99. The zero-order valence-corrected chi connectivity index (χ0v) is 17.1. The lowest BCUT2D eigenvalue weighted by Crippen LogP contribution is -2.32. The van der Waals surface area contributed by atoms with Gasteiger partial charge < -0.3 is 14.7 Å². The van der Waals surface area contributed by atoms with Crippen molar-refractivity contribution < 1.29 is 9.84 Å². The lowest BCUT2D eigenvalue weighted by molar-refractivity contribution is 0.197. The second-order valence-electron chi connectivity index (χ2n) is 8.12. The highest BCUT2D eigenvalue weighted by atomic mass is 16.5. The van der Waals surface area contributed by atoms with Gasteiger partial charge >= 0.3 is 0 Å². The minimum Gasteiger partial charge on any atom is -0.504 e. The number of phenolic OH excluding ortho intramolecular Hbond substituents is 1. The van der Waals surface area contributed by atoms with E-state index in [1.807, 2.05) is 13.8 Å². The van der Waals surface area contributed by atoms with E-state index in [2.05, 4.69) is 32.9 Å². The third kappa shape index (κ3) is 3.98. The molecule has 1 aromatic carbocycles. The van der Waals surface area contributed by atoms with E-state index in [4.69, 9.17) is 4.74 Å². The average molecular weight is 383 g/mol. The van der Waals surface area contributed by atoms with Gasteiger partial charge in [0.1, 0.15) is 6.61 Å². The highest BCUT2D eigenvalue weighted by Gasteiger charge is 2.24. The van der Waals surface area contributed by atoms with Gasteiger partial charge in [0.05, 0.1) is 17.1 Å². The maximum absolute atomic E-state index is 10.6. The van der Waals surface area contributed by atoms with Gasteiger partial charge in [0, 0.05) is 43.0 Å². The van der Waals surface area contributed by atoms with Crippen molar-refractivity contribution in [3.05, 3.63) is 35.3 Å². The number of rotatable bonds is 4. The van der Waals surface area contributed by atoms with Crippen LogP contribution < -0.4 is 4.74 Å². The summed E-state index contributed by atoms with van der Waals surface area (Å²) < 4.78 is 5.91. The highest BCUT2D eigenvalue weighted by molar-refractivity contribution is 5.67. The summed E-state index contributed by atoms with van der Waals surface area (Å²) in [5, 5.41) is 10.6. The first-order valence-electron chi connectivity index (χ1n) is 10.2. The van der Waals surface area contributed by atoms with E-state index in [9.17, 15) is 5.11 Å². The molecule has 3 heterocycles. The Bertz CT molecular complexity index is 855. The number of aryl methyl sites for hydroxylation is 2. The molecule has 0 radical (unpaired) electrons. The molecule has 1 saturated heterocycles. The van der Waals surface area contributed by atoms with Crippen molar-refractivity contribution in [3.8, 4) is 22.8 Å². The van der Waals surface area contributed by atoms with E-state index in [1.54, 1.807) is 12.3 Å². The molecule has 1 N–H and O–H groups in total. The number of nitrogens with zero attached hydrogens (tertiary/aromatic N) is 4. The van der Waals surface area contributed by atoms with E-state index >= 15 is 0 Å². The monoisotopic (exact) mass is 382 g/mol. The number of phenols is 1. The molecule has 1 atom stereocenters. The first-order chi connectivity index (χ1) is 13.5. The smallest absolute Gasteiger partial charge is 0.165 e. The van der Waals surface area contributed by atoms with Crippen LogP contribution in [0.4, 0.5) is 0 Å². The fourth-order valence-corrected chi connectivity index (χ4v) is 4.37. The first kappa shape index (κ1) is 19.2. The Kier molecular flexibility index (Phi) is 5.51. The summed E-state index contributed by atoms with van der Waals surface area (Å²) in [7, 11) is 2.23. The maximum atomic E-state index is 10.6. The van der Waals surface area contributed by atoms with E-state index in [-0.39, 0.29) is 5.75 Å². The quantitative estimate of drug-likeness (QED) is 0.877. The lowest BCUT2D eigenvalue weighted by atomic mass is 10.0.